The molecule has 0 aliphatic carbocycles. The molecule has 0 atom stereocenters. The largest absolute Gasteiger partial charge is 0.496 e. The van der Waals surface area contributed by atoms with Gasteiger partial charge >= 0.3 is 0 Å². The molecule has 8 nitrogen and oxygen atoms in total. The average molecular weight is 439 g/mol. The number of fused-ring (bicyclic) bond motifs is 1. The Morgan fingerprint density at radius 3 is 2.53 bits per heavy atom. The Morgan fingerprint density at radius 2 is 1.88 bits per heavy atom. The van der Waals surface area contributed by atoms with Gasteiger partial charge in [0.05, 0.1) is 40.0 Å². The number of amides is 1. The van der Waals surface area contributed by atoms with Crippen molar-refractivity contribution < 1.29 is 19.0 Å². The lowest BCUT2D eigenvalue weighted by Gasteiger charge is -2.31. The van der Waals surface area contributed by atoms with Crippen LogP contribution < -0.4 is 19.5 Å². The Morgan fingerprint density at radius 1 is 1.16 bits per heavy atom. The molecule has 32 heavy (non-hydrogen) atoms. The zero-order valence-electron chi connectivity index (χ0n) is 18.8. The van der Waals surface area contributed by atoms with Crippen molar-refractivity contribution in [1.82, 2.24) is 20.2 Å². The monoisotopic (exact) mass is 438 g/mol. The molecule has 1 amide bonds. The first-order chi connectivity index (χ1) is 15.6. The predicted octanol–water partition coefficient (Wildman–Crippen LogP) is 3.08. The minimum absolute atomic E-state index is 0.0142. The van der Waals surface area contributed by atoms with Crippen LogP contribution in [-0.2, 0) is 11.3 Å². The van der Waals surface area contributed by atoms with Gasteiger partial charge in [0, 0.05) is 29.9 Å². The van der Waals surface area contributed by atoms with Crippen LogP contribution in [0, 0.1) is 0 Å². The van der Waals surface area contributed by atoms with Gasteiger partial charge in [-0.1, -0.05) is 0 Å². The number of aromatic amines is 1. The molecule has 0 saturated carbocycles. The number of rotatable bonds is 8. The van der Waals surface area contributed by atoms with E-state index < -0.39 is 0 Å². The number of nitrogens with zero attached hydrogens (tertiary/aromatic N) is 2. The second-order valence-corrected chi connectivity index (χ2v) is 7.98. The van der Waals surface area contributed by atoms with E-state index in [1.165, 1.54) is 10.9 Å². The van der Waals surface area contributed by atoms with Crippen LogP contribution in [-0.4, -0.2) is 61.7 Å². The Hall–Kier alpha value is -3.26. The van der Waals surface area contributed by atoms with Crippen LogP contribution in [0.1, 0.15) is 29.9 Å². The Bertz CT molecular complexity index is 1050. The molecule has 8 heteroatoms. The van der Waals surface area contributed by atoms with Crippen molar-refractivity contribution in [3.8, 4) is 17.2 Å². The smallest absolute Gasteiger partial charge is 0.234 e. The molecule has 1 aromatic carbocycles. The normalized spacial score (nSPS) is 15.0. The van der Waals surface area contributed by atoms with E-state index in [1.807, 2.05) is 6.07 Å². The first-order valence-corrected chi connectivity index (χ1v) is 10.8. The summed E-state index contributed by atoms with van der Waals surface area (Å²) in [6.07, 6.45) is 5.94. The van der Waals surface area contributed by atoms with Crippen LogP contribution in [0.15, 0.2) is 36.7 Å². The van der Waals surface area contributed by atoms with E-state index in [0.717, 1.165) is 37.1 Å². The molecule has 0 spiro atoms. The lowest BCUT2D eigenvalue weighted by Crippen LogP contribution is -2.41. The Balaban J connectivity index is 1.31. The average Bonchev–Trinajstić information content (AvgIpc) is 3.27. The lowest BCUT2D eigenvalue weighted by molar-refractivity contribution is -0.122. The summed E-state index contributed by atoms with van der Waals surface area (Å²) in [6, 6.07) is 7.67. The predicted molar refractivity (Wildman–Crippen MR) is 122 cm³/mol. The second-order valence-electron chi connectivity index (χ2n) is 7.98. The number of H-pyrrole nitrogens is 1. The van der Waals surface area contributed by atoms with Gasteiger partial charge in [-0.3, -0.25) is 9.69 Å². The van der Waals surface area contributed by atoms with Gasteiger partial charge in [0.15, 0.2) is 0 Å². The van der Waals surface area contributed by atoms with E-state index in [-0.39, 0.29) is 5.91 Å². The number of aromatic nitrogens is 2. The Labute approximate surface area is 187 Å². The summed E-state index contributed by atoms with van der Waals surface area (Å²) in [7, 11) is 4.77. The highest BCUT2D eigenvalue weighted by Gasteiger charge is 2.24. The van der Waals surface area contributed by atoms with Gasteiger partial charge in [0.25, 0.3) is 0 Å². The van der Waals surface area contributed by atoms with Crippen molar-refractivity contribution >= 4 is 16.9 Å². The number of hydrogen-bond donors (Lipinski definition) is 2. The van der Waals surface area contributed by atoms with Gasteiger partial charge < -0.3 is 24.5 Å². The number of ether oxygens (including phenoxy) is 3. The summed E-state index contributed by atoms with van der Waals surface area (Å²) in [5, 5.41) is 4.20. The van der Waals surface area contributed by atoms with Crippen LogP contribution in [0.3, 0.4) is 0 Å². The molecule has 1 saturated heterocycles. The van der Waals surface area contributed by atoms with E-state index in [9.17, 15) is 4.79 Å². The number of carbonyl (C=O) groups is 1. The number of pyridine rings is 1. The summed E-state index contributed by atoms with van der Waals surface area (Å²) in [5.74, 6) is 2.36. The number of hydrogen-bond acceptors (Lipinski definition) is 6. The highest BCUT2D eigenvalue weighted by Crippen LogP contribution is 2.34. The molecule has 2 aromatic heterocycles. The fourth-order valence-corrected chi connectivity index (χ4v) is 4.42. The SMILES string of the molecule is COc1cc(OC)c(CNC(=O)CN2CCC(c3c[nH]c4ncccc34)CC2)c(OC)c1. The molecule has 3 heterocycles. The fraction of sp³-hybridized carbons (Fsp3) is 0.417. The third-order valence-electron chi connectivity index (χ3n) is 6.16. The van der Waals surface area contributed by atoms with E-state index in [1.54, 1.807) is 39.7 Å². The number of likely N-dealkylation sites (tertiary alicyclic amines) is 1. The summed E-state index contributed by atoms with van der Waals surface area (Å²) < 4.78 is 16.2. The van der Waals surface area contributed by atoms with Crippen LogP contribution in [0.5, 0.6) is 17.2 Å². The second kappa shape index (κ2) is 9.91. The van der Waals surface area contributed by atoms with E-state index in [2.05, 4.69) is 32.4 Å². The van der Waals surface area contributed by atoms with Gasteiger partial charge in [-0.25, -0.2) is 4.98 Å². The summed E-state index contributed by atoms with van der Waals surface area (Å²) in [5.41, 5.74) is 3.06. The molecule has 0 unspecified atom stereocenters. The van der Waals surface area contributed by atoms with Gasteiger partial charge in [-0.05, 0) is 49.5 Å². The van der Waals surface area contributed by atoms with Crippen molar-refractivity contribution in [3.05, 3.63) is 47.8 Å². The lowest BCUT2D eigenvalue weighted by atomic mass is 9.89. The van der Waals surface area contributed by atoms with Crippen molar-refractivity contribution in [3.63, 3.8) is 0 Å². The number of carbonyl (C=O) groups excluding carboxylic acids is 1. The Kier molecular flexibility index (Phi) is 6.80. The van der Waals surface area contributed by atoms with Crippen molar-refractivity contribution in [2.75, 3.05) is 41.0 Å². The minimum atomic E-state index is -0.0142. The van der Waals surface area contributed by atoms with E-state index in [4.69, 9.17) is 14.2 Å². The molecule has 0 bridgehead atoms. The highest BCUT2D eigenvalue weighted by molar-refractivity contribution is 5.80. The van der Waals surface area contributed by atoms with Gasteiger partial charge in [0.2, 0.25) is 5.91 Å². The van der Waals surface area contributed by atoms with Crippen LogP contribution in [0.4, 0.5) is 0 Å². The maximum Gasteiger partial charge on any atom is 0.234 e. The van der Waals surface area contributed by atoms with Crippen molar-refractivity contribution in [2.24, 2.45) is 0 Å². The molecule has 1 fully saturated rings. The molecule has 170 valence electrons. The number of methoxy groups -OCH3 is 3. The number of benzene rings is 1. The van der Waals surface area contributed by atoms with Crippen LogP contribution in [0.2, 0.25) is 0 Å². The molecular formula is C24H30N4O4. The van der Waals surface area contributed by atoms with Gasteiger partial charge in [-0.15, -0.1) is 0 Å². The first kappa shape index (κ1) is 22.0. The molecule has 4 rings (SSSR count). The maximum atomic E-state index is 12.6. The van der Waals surface area contributed by atoms with E-state index >= 15 is 0 Å². The molecule has 1 aliphatic heterocycles. The van der Waals surface area contributed by atoms with Crippen molar-refractivity contribution in [2.45, 2.75) is 25.3 Å². The molecule has 2 N–H and O–H groups in total. The zero-order valence-corrected chi connectivity index (χ0v) is 18.8. The standard InChI is InChI=1S/C24H30N4O4/c1-30-17-11-21(31-2)20(22(12-17)32-3)14-26-23(29)15-28-9-6-16(7-10-28)19-13-27-24-18(19)5-4-8-25-24/h4-5,8,11-13,16H,6-7,9-10,14-15H2,1-3H3,(H,25,27)(H,26,29). The molecule has 0 radical (unpaired) electrons. The first-order valence-electron chi connectivity index (χ1n) is 10.8. The van der Waals surface area contributed by atoms with Gasteiger partial charge in [-0.2, -0.15) is 0 Å². The summed E-state index contributed by atoms with van der Waals surface area (Å²) >= 11 is 0. The fourth-order valence-electron chi connectivity index (χ4n) is 4.42. The van der Waals surface area contributed by atoms with Crippen LogP contribution in [0.25, 0.3) is 11.0 Å². The van der Waals surface area contributed by atoms with E-state index in [0.29, 0.717) is 36.3 Å². The third-order valence-corrected chi connectivity index (χ3v) is 6.16. The van der Waals surface area contributed by atoms with Crippen LogP contribution >= 0.6 is 0 Å². The molecular weight excluding hydrogens is 408 g/mol. The minimum Gasteiger partial charge on any atom is -0.496 e. The summed E-state index contributed by atoms with van der Waals surface area (Å²) in [6.45, 7) is 2.48. The molecule has 1 aliphatic rings. The summed E-state index contributed by atoms with van der Waals surface area (Å²) in [4.78, 5) is 22.5. The van der Waals surface area contributed by atoms with Gasteiger partial charge in [0.1, 0.15) is 22.9 Å². The maximum absolute atomic E-state index is 12.6. The molecule has 3 aromatic rings. The zero-order chi connectivity index (χ0) is 22.5. The topological polar surface area (TPSA) is 88.7 Å². The number of nitrogens with one attached hydrogen (secondary N) is 2. The quantitative estimate of drug-likeness (QED) is 0.562. The third kappa shape index (κ3) is 4.65. The van der Waals surface area contributed by atoms with Crippen molar-refractivity contribution in [1.29, 1.82) is 0 Å². The number of piperidine rings is 1. The highest BCUT2D eigenvalue weighted by atomic mass is 16.5.